The Hall–Kier alpha value is -2.72. The highest BCUT2D eigenvalue weighted by atomic mass is 32.2. The number of carbonyl (C=O) groups excluding carboxylic acids is 1. The van der Waals surface area contributed by atoms with Crippen LogP contribution in [0.1, 0.15) is 29.9 Å². The lowest BCUT2D eigenvalue weighted by Crippen LogP contribution is -2.47. The monoisotopic (exact) mass is 513 g/mol. The van der Waals surface area contributed by atoms with Crippen molar-refractivity contribution in [1.82, 2.24) is 13.8 Å². The van der Waals surface area contributed by atoms with Gasteiger partial charge < -0.3 is 19.3 Å². The Morgan fingerprint density at radius 3 is 2.53 bits per heavy atom. The van der Waals surface area contributed by atoms with Gasteiger partial charge in [0, 0.05) is 49.6 Å². The third-order valence-corrected chi connectivity index (χ3v) is 8.51. The van der Waals surface area contributed by atoms with Gasteiger partial charge in [-0.05, 0) is 24.1 Å². The molecule has 1 aliphatic rings. The van der Waals surface area contributed by atoms with E-state index < -0.39 is 22.2 Å². The van der Waals surface area contributed by atoms with Gasteiger partial charge in [0.15, 0.2) is 0 Å². The smallest absolute Gasteiger partial charge is 0.271 e. The Morgan fingerprint density at radius 1 is 1.17 bits per heavy atom. The van der Waals surface area contributed by atoms with Crippen molar-refractivity contribution in [2.24, 2.45) is 13.0 Å². The zero-order valence-corrected chi connectivity index (χ0v) is 22.3. The second-order valence-corrected chi connectivity index (χ2v) is 11.9. The van der Waals surface area contributed by atoms with Gasteiger partial charge in [-0.15, -0.1) is 0 Å². The molecule has 3 aromatic rings. The number of aliphatic hydroxyl groups is 1. The zero-order chi connectivity index (χ0) is 26.2. The van der Waals surface area contributed by atoms with Crippen molar-refractivity contribution in [3.05, 3.63) is 59.8 Å². The van der Waals surface area contributed by atoms with Crippen LogP contribution in [0.15, 0.2) is 48.5 Å². The van der Waals surface area contributed by atoms with Crippen LogP contribution in [0.4, 0.5) is 0 Å². The summed E-state index contributed by atoms with van der Waals surface area (Å²) in [5.41, 5.74) is 4.17. The number of hydrogen-bond donors (Lipinski definition) is 1. The highest BCUT2D eigenvalue weighted by molar-refractivity contribution is 7.88. The van der Waals surface area contributed by atoms with E-state index in [4.69, 9.17) is 4.74 Å². The van der Waals surface area contributed by atoms with E-state index in [0.29, 0.717) is 12.2 Å². The number of likely N-dealkylation sites (N-methyl/N-ethyl adjacent to an activating group) is 1. The molecule has 9 heteroatoms. The number of aromatic nitrogens is 1. The molecule has 0 saturated carbocycles. The average Bonchev–Trinajstić information content (AvgIpc) is 3.14. The van der Waals surface area contributed by atoms with Gasteiger partial charge in [-0.2, -0.15) is 0 Å². The summed E-state index contributed by atoms with van der Waals surface area (Å²) in [6.07, 6.45) is 0.709. The van der Waals surface area contributed by atoms with Crippen LogP contribution in [0.3, 0.4) is 0 Å². The summed E-state index contributed by atoms with van der Waals surface area (Å²) in [4.78, 5) is 15.9. The van der Waals surface area contributed by atoms with E-state index in [1.807, 2.05) is 74.0 Å². The van der Waals surface area contributed by atoms with Crippen molar-refractivity contribution in [1.29, 1.82) is 0 Å². The van der Waals surface area contributed by atoms with Gasteiger partial charge in [-0.1, -0.05) is 49.4 Å². The molecule has 0 spiro atoms. The summed E-state index contributed by atoms with van der Waals surface area (Å²) in [7, 11) is 0.0180. The molecule has 0 aliphatic carbocycles. The molecule has 8 nitrogen and oxygen atoms in total. The molecule has 0 saturated heterocycles. The van der Waals surface area contributed by atoms with E-state index in [-0.39, 0.29) is 31.6 Å². The predicted molar refractivity (Wildman–Crippen MR) is 141 cm³/mol. The molecule has 1 aliphatic heterocycles. The van der Waals surface area contributed by atoms with Crippen LogP contribution in [-0.4, -0.2) is 78.3 Å². The lowest BCUT2D eigenvalue weighted by molar-refractivity contribution is -0.0146. The van der Waals surface area contributed by atoms with Crippen LogP contribution in [0.5, 0.6) is 0 Å². The largest absolute Gasteiger partial charge is 0.394 e. The summed E-state index contributed by atoms with van der Waals surface area (Å²) < 4.78 is 33.9. The lowest BCUT2D eigenvalue weighted by Gasteiger charge is -2.34. The van der Waals surface area contributed by atoms with Gasteiger partial charge in [0.1, 0.15) is 5.69 Å². The molecule has 194 valence electrons. The van der Waals surface area contributed by atoms with Crippen LogP contribution in [0.25, 0.3) is 22.0 Å². The number of aryl methyl sites for hydroxylation is 1. The van der Waals surface area contributed by atoms with Gasteiger partial charge >= 0.3 is 0 Å². The average molecular weight is 514 g/mol. The van der Waals surface area contributed by atoms with Gasteiger partial charge in [-0.3, -0.25) is 4.79 Å². The van der Waals surface area contributed by atoms with E-state index in [2.05, 4.69) is 0 Å². The number of aliphatic hydroxyl groups excluding tert-OH is 1. The standard InChI is InChI=1S/C27H35N3O5S/c1-18-14-30(19(2)16-31)27(32)26-25(22-12-8-9-13-23(22)29(26)4)21-11-7-6-10-20(21)17-35-24(18)15-28(3)36(5,33)34/h6-13,18-19,24,31H,14-17H2,1-5H3/t18-,19+,24-/m0/s1. The van der Waals surface area contributed by atoms with Crippen LogP contribution >= 0.6 is 0 Å². The SMILES string of the molecule is C[C@H](CO)N1C[C@H](C)[C@H](CN(C)S(C)(=O)=O)OCc2ccccc2-c2c(n(C)c3ccccc23)C1=O. The van der Waals surface area contributed by atoms with E-state index >= 15 is 0 Å². The zero-order valence-electron chi connectivity index (χ0n) is 21.5. The van der Waals surface area contributed by atoms with Gasteiger partial charge in [0.25, 0.3) is 5.91 Å². The molecule has 2 aromatic carbocycles. The van der Waals surface area contributed by atoms with Crippen molar-refractivity contribution in [2.75, 3.05) is 33.0 Å². The normalized spacial score (nSPS) is 20.2. The predicted octanol–water partition coefficient (Wildman–Crippen LogP) is 3.09. The Balaban J connectivity index is 1.93. The number of ether oxygens (including phenoxy) is 1. The number of hydrogen-bond acceptors (Lipinski definition) is 5. The second-order valence-electron chi connectivity index (χ2n) is 9.82. The third-order valence-electron chi connectivity index (χ3n) is 7.23. The first-order valence-electron chi connectivity index (χ1n) is 12.1. The fourth-order valence-corrected chi connectivity index (χ4v) is 5.33. The number of amides is 1. The van der Waals surface area contributed by atoms with E-state index in [0.717, 1.165) is 27.6 Å². The maximum absolute atomic E-state index is 14.2. The molecule has 2 heterocycles. The molecule has 1 amide bonds. The fraction of sp³-hybridized carbons (Fsp3) is 0.444. The number of rotatable bonds is 5. The van der Waals surface area contributed by atoms with Crippen LogP contribution < -0.4 is 0 Å². The molecule has 4 rings (SSSR count). The molecule has 1 N–H and O–H groups in total. The highest BCUT2D eigenvalue weighted by Gasteiger charge is 2.34. The number of fused-ring (bicyclic) bond motifs is 5. The third kappa shape index (κ3) is 4.93. The molecular formula is C27H35N3O5S. The summed E-state index contributed by atoms with van der Waals surface area (Å²) in [5, 5.41) is 11.0. The number of carbonyl (C=O) groups is 1. The topological polar surface area (TPSA) is 92.1 Å². The van der Waals surface area contributed by atoms with Crippen molar-refractivity contribution < 1.29 is 23.1 Å². The first-order chi connectivity index (χ1) is 17.0. The van der Waals surface area contributed by atoms with Crippen molar-refractivity contribution >= 4 is 26.8 Å². The van der Waals surface area contributed by atoms with Gasteiger partial charge in [0.05, 0.1) is 31.6 Å². The minimum Gasteiger partial charge on any atom is -0.394 e. The van der Waals surface area contributed by atoms with E-state index in [9.17, 15) is 18.3 Å². The number of nitrogens with zero attached hydrogens (tertiary/aromatic N) is 3. The van der Waals surface area contributed by atoms with Gasteiger partial charge in [-0.25, -0.2) is 12.7 Å². The molecule has 36 heavy (non-hydrogen) atoms. The first-order valence-corrected chi connectivity index (χ1v) is 14.0. The molecule has 0 unspecified atom stereocenters. The van der Waals surface area contributed by atoms with Crippen molar-refractivity contribution in [3.8, 4) is 11.1 Å². The maximum Gasteiger partial charge on any atom is 0.271 e. The Kier molecular flexibility index (Phi) is 7.56. The summed E-state index contributed by atoms with van der Waals surface area (Å²) in [6.45, 7) is 4.32. The van der Waals surface area contributed by atoms with Crippen LogP contribution in [0.2, 0.25) is 0 Å². The van der Waals surface area contributed by atoms with Crippen molar-refractivity contribution in [2.45, 2.75) is 32.6 Å². The van der Waals surface area contributed by atoms with Gasteiger partial charge in [0.2, 0.25) is 10.0 Å². The van der Waals surface area contributed by atoms with E-state index in [1.165, 1.54) is 17.6 Å². The summed E-state index contributed by atoms with van der Waals surface area (Å²) in [5.74, 6) is -0.375. The summed E-state index contributed by atoms with van der Waals surface area (Å²) >= 11 is 0. The maximum atomic E-state index is 14.2. The summed E-state index contributed by atoms with van der Waals surface area (Å²) in [6, 6.07) is 15.4. The van der Waals surface area contributed by atoms with Crippen LogP contribution in [-0.2, 0) is 28.4 Å². The first kappa shape index (κ1) is 26.3. The highest BCUT2D eigenvalue weighted by Crippen LogP contribution is 2.38. The van der Waals surface area contributed by atoms with Crippen LogP contribution in [0, 0.1) is 5.92 Å². The number of benzene rings is 2. The molecule has 1 aromatic heterocycles. The Labute approximate surface area is 213 Å². The number of para-hydroxylation sites is 1. The lowest BCUT2D eigenvalue weighted by atomic mass is 9.96. The second kappa shape index (κ2) is 10.3. The van der Waals surface area contributed by atoms with Crippen molar-refractivity contribution in [3.63, 3.8) is 0 Å². The molecule has 0 fully saturated rings. The fourth-order valence-electron chi connectivity index (χ4n) is 4.91. The Bertz CT molecular complexity index is 1370. The minimum atomic E-state index is -3.41. The molecule has 0 bridgehead atoms. The molecule has 3 atom stereocenters. The number of sulfonamides is 1. The van der Waals surface area contributed by atoms with E-state index in [1.54, 1.807) is 4.90 Å². The molecular weight excluding hydrogens is 478 g/mol. The minimum absolute atomic E-state index is 0.160. The quantitative estimate of drug-likeness (QED) is 0.566. The Morgan fingerprint density at radius 2 is 1.83 bits per heavy atom. The molecule has 0 radical (unpaired) electrons.